The molecule has 0 aromatic heterocycles. The van der Waals surface area contributed by atoms with Gasteiger partial charge in [-0.1, -0.05) is 13.8 Å². The summed E-state index contributed by atoms with van der Waals surface area (Å²) >= 11 is 0. The number of hydrogen-bond donors (Lipinski definition) is 2. The Morgan fingerprint density at radius 3 is 1.46 bits per heavy atom. The summed E-state index contributed by atoms with van der Waals surface area (Å²) in [6.07, 6.45) is 1.59. The zero-order valence-corrected chi connectivity index (χ0v) is 8.98. The molecule has 0 fully saturated rings. The molecule has 0 saturated heterocycles. The second-order valence-corrected chi connectivity index (χ2v) is 2.97. The van der Waals surface area contributed by atoms with Gasteiger partial charge < -0.3 is 16.2 Å². The summed E-state index contributed by atoms with van der Waals surface area (Å²) in [6.45, 7) is 7.69. The molecule has 0 aromatic carbocycles. The van der Waals surface area contributed by atoms with Crippen molar-refractivity contribution >= 4 is 0 Å². The molecule has 13 heavy (non-hydrogen) atoms. The molecular formula is C10H20N2O. The highest BCUT2D eigenvalue weighted by atomic mass is 16.5. The van der Waals surface area contributed by atoms with Gasteiger partial charge in [0.25, 0.3) is 0 Å². The Hall–Kier alpha value is -1.12. The number of nitrogens with two attached hydrogens (primary N) is 2. The molecule has 76 valence electrons. The van der Waals surface area contributed by atoms with Crippen molar-refractivity contribution in [3.05, 3.63) is 22.9 Å². The van der Waals surface area contributed by atoms with Gasteiger partial charge >= 0.3 is 0 Å². The predicted molar refractivity (Wildman–Crippen MR) is 55.4 cm³/mol. The molecule has 0 unspecified atom stereocenters. The van der Waals surface area contributed by atoms with Crippen LogP contribution < -0.4 is 11.5 Å². The van der Waals surface area contributed by atoms with Crippen LogP contribution in [-0.2, 0) is 4.74 Å². The van der Waals surface area contributed by atoms with Gasteiger partial charge in [0.15, 0.2) is 0 Å². The van der Waals surface area contributed by atoms with Crippen LogP contribution in [0, 0.1) is 0 Å². The first-order valence-electron chi connectivity index (χ1n) is 4.61. The van der Waals surface area contributed by atoms with Crippen molar-refractivity contribution in [2.75, 3.05) is 0 Å². The highest BCUT2D eigenvalue weighted by Crippen LogP contribution is 2.12. The van der Waals surface area contributed by atoms with Crippen LogP contribution in [0.1, 0.15) is 40.5 Å². The third-order valence-electron chi connectivity index (χ3n) is 1.97. The van der Waals surface area contributed by atoms with Crippen LogP contribution in [0.15, 0.2) is 22.9 Å². The molecule has 0 saturated carbocycles. The van der Waals surface area contributed by atoms with Gasteiger partial charge in [0.1, 0.15) is 11.5 Å². The molecule has 0 bridgehead atoms. The molecule has 0 aliphatic rings. The Balaban J connectivity index is 4.46. The van der Waals surface area contributed by atoms with Crippen molar-refractivity contribution in [2.24, 2.45) is 11.5 Å². The number of ether oxygens (including phenoxy) is 1. The van der Waals surface area contributed by atoms with Crippen molar-refractivity contribution in [1.29, 1.82) is 0 Å². The zero-order chi connectivity index (χ0) is 10.4. The second-order valence-electron chi connectivity index (χ2n) is 2.97. The van der Waals surface area contributed by atoms with Crippen LogP contribution in [-0.4, -0.2) is 0 Å². The molecule has 0 radical (unpaired) electrons. The maximum atomic E-state index is 5.70. The first kappa shape index (κ1) is 11.9. The van der Waals surface area contributed by atoms with E-state index in [0.717, 1.165) is 35.8 Å². The fourth-order valence-electron chi connectivity index (χ4n) is 0.859. The minimum absolute atomic E-state index is 0.747. The molecule has 0 aromatic rings. The summed E-state index contributed by atoms with van der Waals surface area (Å²) in [6, 6.07) is 0. The first-order valence-corrected chi connectivity index (χ1v) is 4.61. The van der Waals surface area contributed by atoms with E-state index in [0.29, 0.717) is 0 Å². The lowest BCUT2D eigenvalue weighted by Crippen LogP contribution is -2.05. The maximum Gasteiger partial charge on any atom is 0.119 e. The van der Waals surface area contributed by atoms with Crippen LogP contribution in [0.3, 0.4) is 0 Å². The zero-order valence-electron chi connectivity index (χ0n) is 8.98. The number of allylic oxidation sites excluding steroid dienone is 4. The van der Waals surface area contributed by atoms with Crippen molar-refractivity contribution in [2.45, 2.75) is 40.5 Å². The van der Waals surface area contributed by atoms with E-state index >= 15 is 0 Å². The van der Waals surface area contributed by atoms with Crippen LogP contribution in [0.5, 0.6) is 0 Å². The largest absolute Gasteiger partial charge is 0.463 e. The summed E-state index contributed by atoms with van der Waals surface area (Å²) in [5, 5.41) is 0. The van der Waals surface area contributed by atoms with E-state index in [1.807, 2.05) is 27.7 Å². The SMILES string of the molecule is CC/C(N)=C(/C)O/C(C)=C(/N)CC. The standard InChI is InChI=1S/C10H20N2O/c1-5-9(11)7(3)13-8(4)10(12)6-2/h5-6,11-12H2,1-4H3/b9-7+,10-8+. The lowest BCUT2D eigenvalue weighted by atomic mass is 10.3. The third kappa shape index (κ3) is 3.87. The Morgan fingerprint density at radius 1 is 0.923 bits per heavy atom. The Bertz CT molecular complexity index is 205. The van der Waals surface area contributed by atoms with Crippen molar-refractivity contribution in [3.8, 4) is 0 Å². The Kier molecular flexibility index (Phi) is 5.04. The summed E-state index contributed by atoms with van der Waals surface area (Å²) in [5.41, 5.74) is 12.9. The van der Waals surface area contributed by atoms with Crippen molar-refractivity contribution in [3.63, 3.8) is 0 Å². The summed E-state index contributed by atoms with van der Waals surface area (Å²) in [7, 11) is 0. The normalized spacial score (nSPS) is 14.8. The fraction of sp³-hybridized carbons (Fsp3) is 0.600. The van der Waals surface area contributed by atoms with Gasteiger partial charge in [-0.25, -0.2) is 0 Å². The molecule has 0 heterocycles. The van der Waals surface area contributed by atoms with Crippen molar-refractivity contribution in [1.82, 2.24) is 0 Å². The fourth-order valence-corrected chi connectivity index (χ4v) is 0.859. The third-order valence-corrected chi connectivity index (χ3v) is 1.97. The molecule has 3 nitrogen and oxygen atoms in total. The van der Waals surface area contributed by atoms with Gasteiger partial charge in [-0.3, -0.25) is 0 Å². The van der Waals surface area contributed by atoms with Crippen LogP contribution in [0.25, 0.3) is 0 Å². The van der Waals surface area contributed by atoms with Gasteiger partial charge in [0, 0.05) is 11.4 Å². The van der Waals surface area contributed by atoms with Crippen molar-refractivity contribution < 1.29 is 4.74 Å². The average Bonchev–Trinajstić information content (AvgIpc) is 2.14. The van der Waals surface area contributed by atoms with Gasteiger partial charge in [-0.15, -0.1) is 0 Å². The van der Waals surface area contributed by atoms with E-state index < -0.39 is 0 Å². The first-order chi connectivity index (χ1) is 6.02. The smallest absolute Gasteiger partial charge is 0.119 e. The van der Waals surface area contributed by atoms with E-state index in [1.54, 1.807) is 0 Å². The topological polar surface area (TPSA) is 61.3 Å². The lowest BCUT2D eigenvalue weighted by molar-refractivity contribution is 0.296. The monoisotopic (exact) mass is 184 g/mol. The van der Waals surface area contributed by atoms with Crippen LogP contribution >= 0.6 is 0 Å². The van der Waals surface area contributed by atoms with E-state index in [1.165, 1.54) is 0 Å². The quantitative estimate of drug-likeness (QED) is 0.658. The van der Waals surface area contributed by atoms with Gasteiger partial charge in [0.05, 0.1) is 0 Å². The van der Waals surface area contributed by atoms with Gasteiger partial charge in [0.2, 0.25) is 0 Å². The van der Waals surface area contributed by atoms with Crippen LogP contribution in [0.4, 0.5) is 0 Å². The summed E-state index contributed by atoms with van der Waals surface area (Å²) in [4.78, 5) is 0. The molecular weight excluding hydrogens is 164 g/mol. The lowest BCUT2D eigenvalue weighted by Gasteiger charge is -2.10. The molecule has 4 N–H and O–H groups in total. The van der Waals surface area contributed by atoms with E-state index in [9.17, 15) is 0 Å². The molecule has 0 spiro atoms. The van der Waals surface area contributed by atoms with Gasteiger partial charge in [-0.2, -0.15) is 0 Å². The molecule has 0 atom stereocenters. The Labute approximate surface area is 80.4 Å². The summed E-state index contributed by atoms with van der Waals surface area (Å²) < 4.78 is 5.46. The van der Waals surface area contributed by atoms with E-state index in [4.69, 9.17) is 16.2 Å². The summed E-state index contributed by atoms with van der Waals surface area (Å²) in [5.74, 6) is 1.49. The number of hydrogen-bond acceptors (Lipinski definition) is 3. The van der Waals surface area contributed by atoms with E-state index in [2.05, 4.69) is 0 Å². The Morgan fingerprint density at radius 2 is 1.23 bits per heavy atom. The molecule has 3 heteroatoms. The predicted octanol–water partition coefficient (Wildman–Crippen LogP) is 2.20. The van der Waals surface area contributed by atoms with E-state index in [-0.39, 0.29) is 0 Å². The maximum absolute atomic E-state index is 5.70. The molecule has 0 aliphatic heterocycles. The molecule has 0 aliphatic carbocycles. The molecule has 0 rings (SSSR count). The second kappa shape index (κ2) is 5.51. The highest BCUT2D eigenvalue weighted by molar-refractivity contribution is 5.08. The van der Waals surface area contributed by atoms with Crippen LogP contribution in [0.2, 0.25) is 0 Å². The van der Waals surface area contributed by atoms with Gasteiger partial charge in [-0.05, 0) is 26.7 Å². The highest BCUT2D eigenvalue weighted by Gasteiger charge is 2.01. The minimum atomic E-state index is 0.747. The number of rotatable bonds is 4. The molecule has 0 amide bonds. The minimum Gasteiger partial charge on any atom is -0.463 e. The average molecular weight is 184 g/mol.